The first-order valence-corrected chi connectivity index (χ1v) is 7.47. The van der Waals surface area contributed by atoms with E-state index < -0.39 is 11.5 Å². The van der Waals surface area contributed by atoms with Crippen molar-refractivity contribution < 1.29 is 24.2 Å². The highest BCUT2D eigenvalue weighted by atomic mass is 16.5. The summed E-state index contributed by atoms with van der Waals surface area (Å²) in [6.45, 7) is 5.95. The maximum atomic E-state index is 12.0. The molecule has 1 amide bonds. The summed E-state index contributed by atoms with van der Waals surface area (Å²) in [5, 5.41) is 11.6. The van der Waals surface area contributed by atoms with Crippen LogP contribution < -0.4 is 10.1 Å². The van der Waals surface area contributed by atoms with E-state index in [-0.39, 0.29) is 32.0 Å². The number of carbonyl (C=O) groups excluding carboxylic acids is 1. The van der Waals surface area contributed by atoms with Gasteiger partial charge in [0.2, 0.25) is 5.91 Å². The van der Waals surface area contributed by atoms with E-state index in [9.17, 15) is 9.59 Å². The number of hydrogen-bond donors (Lipinski definition) is 2. The summed E-state index contributed by atoms with van der Waals surface area (Å²) in [7, 11) is 1.47. The maximum absolute atomic E-state index is 12.0. The van der Waals surface area contributed by atoms with E-state index in [1.807, 2.05) is 32.0 Å². The van der Waals surface area contributed by atoms with Crippen molar-refractivity contribution in [2.45, 2.75) is 39.2 Å². The number of carboxylic acid groups (broad SMARTS) is 1. The number of amides is 1. The van der Waals surface area contributed by atoms with E-state index in [0.717, 1.165) is 16.9 Å². The molecule has 1 atom stereocenters. The average molecular weight is 323 g/mol. The largest absolute Gasteiger partial charge is 0.493 e. The zero-order chi connectivity index (χ0) is 17.5. The fourth-order valence-electron chi connectivity index (χ4n) is 2.40. The fourth-order valence-corrected chi connectivity index (χ4v) is 2.40. The number of benzene rings is 1. The van der Waals surface area contributed by atoms with Crippen LogP contribution in [0.25, 0.3) is 0 Å². The number of carbonyl (C=O) groups is 2. The summed E-state index contributed by atoms with van der Waals surface area (Å²) >= 11 is 0. The Morgan fingerprint density at radius 2 is 2.00 bits per heavy atom. The summed E-state index contributed by atoms with van der Waals surface area (Å²) in [6.07, 6.45) is -0.0588. The molecule has 0 bridgehead atoms. The van der Waals surface area contributed by atoms with Gasteiger partial charge in [0.05, 0.1) is 31.6 Å². The zero-order valence-electron chi connectivity index (χ0n) is 14.1. The molecule has 6 heteroatoms. The van der Waals surface area contributed by atoms with E-state index in [2.05, 4.69) is 5.32 Å². The van der Waals surface area contributed by atoms with Crippen molar-refractivity contribution in [3.05, 3.63) is 29.3 Å². The van der Waals surface area contributed by atoms with Gasteiger partial charge in [-0.15, -0.1) is 0 Å². The molecule has 6 nitrogen and oxygen atoms in total. The Hall–Kier alpha value is -2.08. The second-order valence-electron chi connectivity index (χ2n) is 5.98. The molecule has 2 N–H and O–H groups in total. The first kappa shape index (κ1) is 19.0. The van der Waals surface area contributed by atoms with E-state index in [1.165, 1.54) is 7.11 Å². The molecule has 1 unspecified atom stereocenters. The summed E-state index contributed by atoms with van der Waals surface area (Å²) in [5.74, 6) is -0.513. The van der Waals surface area contributed by atoms with Crippen molar-refractivity contribution in [3.63, 3.8) is 0 Å². The van der Waals surface area contributed by atoms with Gasteiger partial charge in [0.15, 0.2) is 0 Å². The fraction of sp³-hybridized carbons (Fsp3) is 0.529. The van der Waals surface area contributed by atoms with Crippen molar-refractivity contribution in [2.75, 3.05) is 20.3 Å². The first-order chi connectivity index (χ1) is 10.8. The van der Waals surface area contributed by atoms with E-state index in [4.69, 9.17) is 14.6 Å². The van der Waals surface area contributed by atoms with Crippen LogP contribution in [0.4, 0.5) is 0 Å². The van der Waals surface area contributed by atoms with Crippen molar-refractivity contribution in [1.82, 2.24) is 5.32 Å². The molecule has 1 aromatic rings. The van der Waals surface area contributed by atoms with Crippen LogP contribution in [-0.2, 0) is 14.3 Å². The third-order valence-electron chi connectivity index (χ3n) is 3.36. The van der Waals surface area contributed by atoms with Crippen LogP contribution in [-0.4, -0.2) is 42.8 Å². The van der Waals surface area contributed by atoms with Crippen LogP contribution in [0.1, 0.15) is 30.9 Å². The Bertz CT molecular complexity index is 558. The highest BCUT2D eigenvalue weighted by Gasteiger charge is 2.29. The third kappa shape index (κ3) is 6.69. The molecule has 0 fully saturated rings. The van der Waals surface area contributed by atoms with Crippen LogP contribution in [0, 0.1) is 13.8 Å². The van der Waals surface area contributed by atoms with Gasteiger partial charge in [-0.1, -0.05) is 17.7 Å². The van der Waals surface area contributed by atoms with Gasteiger partial charge in [-0.05, 0) is 32.4 Å². The highest BCUT2D eigenvalue weighted by Crippen LogP contribution is 2.19. The van der Waals surface area contributed by atoms with Crippen LogP contribution >= 0.6 is 0 Å². The van der Waals surface area contributed by atoms with Gasteiger partial charge >= 0.3 is 5.97 Å². The van der Waals surface area contributed by atoms with Crippen molar-refractivity contribution >= 4 is 11.9 Å². The topological polar surface area (TPSA) is 84.9 Å². The summed E-state index contributed by atoms with van der Waals surface area (Å²) in [4.78, 5) is 22.9. The molecule has 128 valence electrons. The SMILES string of the molecule is COCC(C)(CC(=O)O)NC(=O)CCOc1ccc(C)cc1C. The third-order valence-corrected chi connectivity index (χ3v) is 3.36. The molecule has 0 aromatic heterocycles. The minimum Gasteiger partial charge on any atom is -0.493 e. The number of rotatable bonds is 9. The lowest BCUT2D eigenvalue weighted by Gasteiger charge is -2.28. The maximum Gasteiger partial charge on any atom is 0.305 e. The lowest BCUT2D eigenvalue weighted by molar-refractivity contribution is -0.139. The van der Waals surface area contributed by atoms with Crippen molar-refractivity contribution in [3.8, 4) is 5.75 Å². The number of methoxy groups -OCH3 is 1. The number of hydrogen-bond acceptors (Lipinski definition) is 4. The molecule has 0 aliphatic heterocycles. The van der Waals surface area contributed by atoms with Gasteiger partial charge in [0, 0.05) is 7.11 Å². The first-order valence-electron chi connectivity index (χ1n) is 7.47. The predicted molar refractivity (Wildman–Crippen MR) is 86.7 cm³/mol. The van der Waals surface area contributed by atoms with Crippen molar-refractivity contribution in [2.24, 2.45) is 0 Å². The minimum atomic E-state index is -0.989. The number of aryl methyl sites for hydroxylation is 2. The Morgan fingerprint density at radius 1 is 1.30 bits per heavy atom. The Labute approximate surface area is 136 Å². The second kappa shape index (κ2) is 8.53. The molecule has 0 saturated carbocycles. The average Bonchev–Trinajstić information content (AvgIpc) is 2.40. The zero-order valence-corrected chi connectivity index (χ0v) is 14.1. The van der Waals surface area contributed by atoms with Crippen LogP contribution in [0.2, 0.25) is 0 Å². The van der Waals surface area contributed by atoms with Crippen LogP contribution in [0.3, 0.4) is 0 Å². The van der Waals surface area contributed by atoms with E-state index in [1.54, 1.807) is 6.92 Å². The predicted octanol–water partition coefficient (Wildman–Crippen LogP) is 2.07. The molecule has 0 spiro atoms. The van der Waals surface area contributed by atoms with Gasteiger partial charge in [0.1, 0.15) is 5.75 Å². The highest BCUT2D eigenvalue weighted by molar-refractivity contribution is 5.78. The van der Waals surface area contributed by atoms with Gasteiger partial charge < -0.3 is 19.9 Å². The lowest BCUT2D eigenvalue weighted by atomic mass is 9.99. The van der Waals surface area contributed by atoms with Gasteiger partial charge in [-0.2, -0.15) is 0 Å². The van der Waals surface area contributed by atoms with E-state index in [0.29, 0.717) is 0 Å². The lowest BCUT2D eigenvalue weighted by Crippen LogP contribution is -2.51. The number of nitrogens with one attached hydrogen (secondary N) is 1. The minimum absolute atomic E-state index is 0.128. The van der Waals surface area contributed by atoms with Gasteiger partial charge in [0.25, 0.3) is 0 Å². The Balaban J connectivity index is 2.50. The van der Waals surface area contributed by atoms with Gasteiger partial charge in [-0.3, -0.25) is 9.59 Å². The van der Waals surface area contributed by atoms with Crippen LogP contribution in [0.5, 0.6) is 5.75 Å². The molecule has 0 saturated heterocycles. The molecule has 1 aromatic carbocycles. The quantitative estimate of drug-likeness (QED) is 0.727. The molecule has 0 aliphatic carbocycles. The monoisotopic (exact) mass is 323 g/mol. The summed E-state index contributed by atoms with van der Waals surface area (Å²) in [6, 6.07) is 5.84. The Kier molecular flexibility index (Phi) is 7.03. The smallest absolute Gasteiger partial charge is 0.305 e. The molecule has 1 rings (SSSR count). The molecular formula is C17H25NO5. The Morgan fingerprint density at radius 3 is 2.57 bits per heavy atom. The summed E-state index contributed by atoms with van der Waals surface area (Å²) < 4.78 is 10.6. The normalized spacial score (nSPS) is 13.2. The molecule has 0 aliphatic rings. The number of carboxylic acids is 1. The molecular weight excluding hydrogens is 298 g/mol. The van der Waals surface area contributed by atoms with Crippen LogP contribution in [0.15, 0.2) is 18.2 Å². The number of ether oxygens (including phenoxy) is 2. The standard InChI is InChI=1S/C17H25NO5/c1-12-5-6-14(13(2)9-12)23-8-7-15(19)18-17(3,11-22-4)10-16(20)21/h5-6,9H,7-8,10-11H2,1-4H3,(H,18,19)(H,20,21). The van der Waals surface area contributed by atoms with Gasteiger partial charge in [-0.25, -0.2) is 0 Å². The second-order valence-corrected chi connectivity index (χ2v) is 5.98. The van der Waals surface area contributed by atoms with Crippen molar-refractivity contribution in [1.29, 1.82) is 0 Å². The molecule has 0 radical (unpaired) electrons. The van der Waals surface area contributed by atoms with E-state index >= 15 is 0 Å². The number of aliphatic carboxylic acids is 1. The summed E-state index contributed by atoms with van der Waals surface area (Å²) in [5.41, 5.74) is 1.23. The molecule has 0 heterocycles. The molecule has 23 heavy (non-hydrogen) atoms.